The third-order valence-corrected chi connectivity index (χ3v) is 4.59. The molecule has 7 heteroatoms. The summed E-state index contributed by atoms with van der Waals surface area (Å²) < 4.78 is 26.6. The smallest absolute Gasteiger partial charge is 0.308 e. The fourth-order valence-corrected chi connectivity index (χ4v) is 2.88. The van der Waals surface area contributed by atoms with Gasteiger partial charge in [0, 0.05) is 12.1 Å². The largest absolute Gasteiger partial charge is 0.481 e. The Labute approximate surface area is 124 Å². The summed E-state index contributed by atoms with van der Waals surface area (Å²) in [7, 11) is -3.84. The lowest BCUT2D eigenvalue weighted by Crippen LogP contribution is -2.35. The lowest BCUT2D eigenvalue weighted by atomic mass is 9.97. The topological polar surface area (TPSA) is 101 Å². The van der Waals surface area contributed by atoms with Crippen LogP contribution in [0, 0.1) is 11.8 Å². The fraction of sp³-hybridized carbons (Fsp3) is 0.429. The molecule has 0 aliphatic heterocycles. The van der Waals surface area contributed by atoms with Crippen molar-refractivity contribution in [3.8, 4) is 0 Å². The lowest BCUT2D eigenvalue weighted by Gasteiger charge is -2.17. The summed E-state index contributed by atoms with van der Waals surface area (Å²) in [5.41, 5.74) is 0.288. The molecule has 0 radical (unpaired) electrons. The minimum Gasteiger partial charge on any atom is -0.481 e. The summed E-state index contributed by atoms with van der Waals surface area (Å²) in [6, 6.07) is 5.63. The quantitative estimate of drug-likeness (QED) is 0.743. The number of nitrogens with one attached hydrogen (secondary N) is 1. The molecule has 6 nitrogen and oxygen atoms in total. The van der Waals surface area contributed by atoms with E-state index in [9.17, 15) is 18.0 Å². The van der Waals surface area contributed by atoms with Crippen molar-refractivity contribution in [1.29, 1.82) is 0 Å². The number of carbonyl (C=O) groups excluding carboxylic acids is 1. The van der Waals surface area contributed by atoms with Crippen LogP contribution in [0.2, 0.25) is 0 Å². The monoisotopic (exact) mass is 313 g/mol. The number of hydrogen-bond donors (Lipinski definition) is 2. The summed E-state index contributed by atoms with van der Waals surface area (Å²) in [5.74, 6) is -2.30. The molecule has 1 aromatic rings. The number of sulfonamides is 1. The molecule has 0 amide bonds. The molecule has 0 spiro atoms. The van der Waals surface area contributed by atoms with Gasteiger partial charge in [-0.1, -0.05) is 26.0 Å². The van der Waals surface area contributed by atoms with E-state index >= 15 is 0 Å². The number of rotatable bonds is 7. The van der Waals surface area contributed by atoms with E-state index in [4.69, 9.17) is 5.11 Å². The highest BCUT2D eigenvalue weighted by molar-refractivity contribution is 7.89. The average molecular weight is 313 g/mol. The van der Waals surface area contributed by atoms with Crippen LogP contribution in [-0.2, 0) is 14.8 Å². The second kappa shape index (κ2) is 6.82. The molecule has 0 fully saturated rings. The molecule has 0 aliphatic carbocycles. The number of ketones is 1. The van der Waals surface area contributed by atoms with Crippen molar-refractivity contribution in [2.24, 2.45) is 11.8 Å². The Bertz CT molecular complexity index is 637. The first kappa shape index (κ1) is 17.3. The Hall–Kier alpha value is -1.73. The maximum atomic E-state index is 12.1. The standard InChI is InChI=1S/C14H19NO5S/c1-9(2)13(14(17)18)8-15-21(19,20)12-6-4-5-11(7-12)10(3)16/h4-7,9,13,15H,8H2,1-3H3,(H,17,18). The molecular formula is C14H19NO5S. The van der Waals surface area contributed by atoms with Gasteiger partial charge in [0.15, 0.2) is 5.78 Å². The fourth-order valence-electron chi connectivity index (χ4n) is 1.77. The third-order valence-electron chi connectivity index (χ3n) is 3.17. The molecule has 0 aromatic heterocycles. The molecule has 116 valence electrons. The zero-order valence-corrected chi connectivity index (χ0v) is 13.0. The van der Waals surface area contributed by atoms with Gasteiger partial charge in [-0.15, -0.1) is 0 Å². The van der Waals surface area contributed by atoms with Crippen LogP contribution >= 0.6 is 0 Å². The first-order chi connectivity index (χ1) is 9.65. The van der Waals surface area contributed by atoms with Gasteiger partial charge in [0.05, 0.1) is 10.8 Å². The van der Waals surface area contributed by atoms with Crippen molar-refractivity contribution in [2.75, 3.05) is 6.54 Å². The van der Waals surface area contributed by atoms with Crippen molar-refractivity contribution in [3.05, 3.63) is 29.8 Å². The Kier molecular flexibility index (Phi) is 5.62. The highest BCUT2D eigenvalue weighted by atomic mass is 32.2. The van der Waals surface area contributed by atoms with Crippen molar-refractivity contribution in [1.82, 2.24) is 4.72 Å². The first-order valence-corrected chi connectivity index (χ1v) is 7.97. The van der Waals surface area contributed by atoms with Crippen LogP contribution in [0.15, 0.2) is 29.2 Å². The van der Waals surface area contributed by atoms with Gasteiger partial charge in [0.1, 0.15) is 0 Å². The minimum absolute atomic E-state index is 0.0527. The van der Waals surface area contributed by atoms with Crippen LogP contribution in [0.4, 0.5) is 0 Å². The summed E-state index contributed by atoms with van der Waals surface area (Å²) in [5, 5.41) is 9.05. The van der Waals surface area contributed by atoms with Gasteiger partial charge in [-0.05, 0) is 25.0 Å². The maximum absolute atomic E-state index is 12.1. The number of Topliss-reactive ketones (excluding diaryl/α,β-unsaturated/α-hetero) is 1. The Morgan fingerprint density at radius 3 is 2.38 bits per heavy atom. The van der Waals surface area contributed by atoms with Gasteiger partial charge < -0.3 is 5.11 Å². The van der Waals surface area contributed by atoms with Crippen LogP contribution in [0.1, 0.15) is 31.1 Å². The van der Waals surface area contributed by atoms with Crippen molar-refractivity contribution in [2.45, 2.75) is 25.7 Å². The summed E-state index contributed by atoms with van der Waals surface area (Å²) in [6.45, 7) is 4.57. The molecule has 1 aromatic carbocycles. The van der Waals surface area contributed by atoms with Crippen molar-refractivity contribution < 1.29 is 23.1 Å². The van der Waals surface area contributed by atoms with Gasteiger partial charge >= 0.3 is 5.97 Å². The maximum Gasteiger partial charge on any atom is 0.308 e. The third kappa shape index (κ3) is 4.64. The van der Waals surface area contributed by atoms with Gasteiger partial charge in [-0.2, -0.15) is 0 Å². The number of carboxylic acid groups (broad SMARTS) is 1. The number of benzene rings is 1. The van der Waals surface area contributed by atoms with Gasteiger partial charge in [-0.3, -0.25) is 9.59 Å². The summed E-state index contributed by atoms with van der Waals surface area (Å²) in [4.78, 5) is 22.3. The van der Waals surface area contributed by atoms with E-state index in [1.807, 2.05) is 0 Å². The van der Waals surface area contributed by atoms with E-state index in [0.717, 1.165) is 0 Å². The zero-order valence-electron chi connectivity index (χ0n) is 12.2. The van der Waals surface area contributed by atoms with Crippen LogP contribution in [0.5, 0.6) is 0 Å². The normalized spacial score (nSPS) is 13.1. The molecule has 1 atom stereocenters. The van der Waals surface area contributed by atoms with Crippen LogP contribution < -0.4 is 4.72 Å². The molecule has 2 N–H and O–H groups in total. The van der Waals surface area contributed by atoms with Crippen LogP contribution in [0.25, 0.3) is 0 Å². The molecule has 0 saturated carbocycles. The zero-order chi connectivity index (χ0) is 16.2. The van der Waals surface area contributed by atoms with Gasteiger partial charge in [-0.25, -0.2) is 13.1 Å². The number of aliphatic carboxylic acids is 1. The first-order valence-electron chi connectivity index (χ1n) is 6.48. The SMILES string of the molecule is CC(=O)c1cccc(S(=O)(=O)NCC(C(=O)O)C(C)C)c1. The molecule has 0 heterocycles. The highest BCUT2D eigenvalue weighted by Gasteiger charge is 2.24. The molecule has 0 bridgehead atoms. The van der Waals surface area contributed by atoms with E-state index in [0.29, 0.717) is 0 Å². The summed E-state index contributed by atoms with van der Waals surface area (Å²) in [6.07, 6.45) is 0. The molecular weight excluding hydrogens is 294 g/mol. The molecule has 0 saturated heterocycles. The molecule has 1 unspecified atom stereocenters. The predicted molar refractivity (Wildman–Crippen MR) is 77.6 cm³/mol. The van der Waals surface area contributed by atoms with Crippen molar-refractivity contribution in [3.63, 3.8) is 0 Å². The second-order valence-electron chi connectivity index (χ2n) is 5.12. The van der Waals surface area contributed by atoms with E-state index < -0.39 is 21.9 Å². The highest BCUT2D eigenvalue weighted by Crippen LogP contribution is 2.14. The van der Waals surface area contributed by atoms with Gasteiger partial charge in [0.2, 0.25) is 10.0 Å². The predicted octanol–water partition coefficient (Wildman–Crippen LogP) is 1.52. The van der Waals surface area contributed by atoms with Gasteiger partial charge in [0.25, 0.3) is 0 Å². The minimum atomic E-state index is -3.84. The lowest BCUT2D eigenvalue weighted by molar-refractivity contribution is -0.142. The second-order valence-corrected chi connectivity index (χ2v) is 6.89. The Morgan fingerprint density at radius 1 is 1.29 bits per heavy atom. The van der Waals surface area contributed by atoms with Crippen LogP contribution in [-0.4, -0.2) is 31.8 Å². The number of carbonyl (C=O) groups is 2. The van der Waals surface area contributed by atoms with E-state index in [-0.39, 0.29) is 28.7 Å². The number of carboxylic acids is 1. The van der Waals surface area contributed by atoms with E-state index in [1.54, 1.807) is 13.8 Å². The Balaban J connectivity index is 2.94. The Morgan fingerprint density at radius 2 is 1.90 bits per heavy atom. The van der Waals surface area contributed by atoms with Crippen LogP contribution in [0.3, 0.4) is 0 Å². The average Bonchev–Trinajstić information content (AvgIpc) is 2.38. The molecule has 1 rings (SSSR count). The van der Waals surface area contributed by atoms with Crippen molar-refractivity contribution >= 4 is 21.8 Å². The molecule has 21 heavy (non-hydrogen) atoms. The number of hydrogen-bond acceptors (Lipinski definition) is 4. The van der Waals surface area contributed by atoms with E-state index in [2.05, 4.69) is 4.72 Å². The molecule has 0 aliphatic rings. The van der Waals surface area contributed by atoms with E-state index in [1.165, 1.54) is 31.2 Å². The summed E-state index contributed by atoms with van der Waals surface area (Å²) >= 11 is 0.